The zero-order valence-corrected chi connectivity index (χ0v) is 12.6. The highest BCUT2D eigenvalue weighted by Gasteiger charge is 2.21. The molecule has 0 aromatic carbocycles. The molecule has 0 spiro atoms. The Bertz CT molecular complexity index is 455. The first kappa shape index (κ1) is 14.8. The van der Waals surface area contributed by atoms with Crippen LogP contribution in [-0.2, 0) is 0 Å². The van der Waals surface area contributed by atoms with Crippen LogP contribution in [0.15, 0.2) is 0 Å². The van der Waals surface area contributed by atoms with Gasteiger partial charge in [-0.1, -0.05) is 25.6 Å². The number of rotatable bonds is 5. The Hall–Kier alpha value is -1.23. The second-order valence-electron chi connectivity index (χ2n) is 5.26. The van der Waals surface area contributed by atoms with E-state index in [4.69, 9.17) is 18.0 Å². The van der Waals surface area contributed by atoms with Crippen LogP contribution in [0.3, 0.4) is 0 Å². The molecule has 0 aliphatic heterocycles. The molecule has 3 N–H and O–H groups in total. The maximum Gasteiger partial charge on any atom is 0.159 e. The highest BCUT2D eigenvalue weighted by atomic mass is 32.1. The number of aryl methyl sites for hydroxylation is 1. The molecular weight excluding hydrogens is 244 g/mol. The maximum atomic E-state index is 5.80. The van der Waals surface area contributed by atoms with Crippen molar-refractivity contribution in [3.05, 3.63) is 16.8 Å². The highest BCUT2D eigenvalue weighted by molar-refractivity contribution is 7.80. The summed E-state index contributed by atoms with van der Waals surface area (Å²) in [5, 5.41) is 11.7. The van der Waals surface area contributed by atoms with E-state index in [0.717, 1.165) is 29.7 Å². The number of nitrogens with two attached hydrogens (primary N) is 1. The van der Waals surface area contributed by atoms with Gasteiger partial charge in [-0.25, -0.2) is 0 Å². The quantitative estimate of drug-likeness (QED) is 0.802. The fourth-order valence-corrected chi connectivity index (χ4v) is 2.26. The van der Waals surface area contributed by atoms with Crippen molar-refractivity contribution in [2.24, 2.45) is 5.73 Å². The lowest BCUT2D eigenvalue weighted by molar-refractivity contribution is 0.508. The van der Waals surface area contributed by atoms with Crippen LogP contribution in [0, 0.1) is 13.8 Å². The Morgan fingerprint density at radius 1 is 1.33 bits per heavy atom. The van der Waals surface area contributed by atoms with Gasteiger partial charge in [-0.3, -0.25) is 0 Å². The van der Waals surface area contributed by atoms with Crippen LogP contribution in [0.4, 0.5) is 5.82 Å². The smallest absolute Gasteiger partial charge is 0.159 e. The monoisotopic (exact) mass is 266 g/mol. The molecule has 0 unspecified atom stereocenters. The van der Waals surface area contributed by atoms with Crippen molar-refractivity contribution in [3.63, 3.8) is 0 Å². The fraction of sp³-hybridized carbons (Fsp3) is 0.615. The first-order chi connectivity index (χ1) is 8.28. The lowest BCUT2D eigenvalue weighted by Gasteiger charge is -2.27. The Labute approximate surface area is 114 Å². The van der Waals surface area contributed by atoms with Crippen LogP contribution in [0.2, 0.25) is 0 Å². The zero-order chi connectivity index (χ0) is 13.9. The number of aromatic nitrogens is 2. The van der Waals surface area contributed by atoms with Crippen molar-refractivity contribution in [1.82, 2.24) is 10.2 Å². The highest BCUT2D eigenvalue weighted by Crippen LogP contribution is 2.23. The molecule has 0 fully saturated rings. The summed E-state index contributed by atoms with van der Waals surface area (Å²) >= 11 is 5.12. The van der Waals surface area contributed by atoms with Gasteiger partial charge in [-0.2, -0.15) is 5.10 Å². The standard InChI is InChI=1S/C13H22N4S/c1-6-7-13(4,5)15-12-10(11(14)18)8(2)9(3)16-17-12/h6-7H2,1-5H3,(H2,14,18)(H,15,17). The number of nitrogens with zero attached hydrogens (tertiary/aromatic N) is 2. The molecule has 0 aliphatic carbocycles. The number of nitrogens with one attached hydrogen (secondary N) is 1. The van der Waals surface area contributed by atoms with Gasteiger partial charge in [-0.05, 0) is 39.7 Å². The molecule has 18 heavy (non-hydrogen) atoms. The molecule has 100 valence electrons. The van der Waals surface area contributed by atoms with E-state index in [2.05, 4.69) is 36.3 Å². The molecule has 4 nitrogen and oxygen atoms in total. The molecule has 0 saturated heterocycles. The molecule has 0 aliphatic rings. The number of thiocarbonyl (C=S) groups is 1. The molecule has 0 amide bonds. The molecule has 1 rings (SSSR count). The van der Waals surface area contributed by atoms with Gasteiger partial charge in [0.1, 0.15) is 4.99 Å². The third-order valence-electron chi connectivity index (χ3n) is 3.03. The molecule has 0 saturated carbocycles. The largest absolute Gasteiger partial charge is 0.389 e. The van der Waals surface area contributed by atoms with Gasteiger partial charge in [0.15, 0.2) is 5.82 Å². The van der Waals surface area contributed by atoms with Crippen molar-refractivity contribution >= 4 is 23.0 Å². The third kappa shape index (κ3) is 3.38. The van der Waals surface area contributed by atoms with Crippen LogP contribution in [0.25, 0.3) is 0 Å². The maximum absolute atomic E-state index is 5.80. The number of anilines is 1. The van der Waals surface area contributed by atoms with Crippen molar-refractivity contribution in [2.45, 2.75) is 53.0 Å². The normalized spacial score (nSPS) is 11.4. The summed E-state index contributed by atoms with van der Waals surface area (Å²) in [4.78, 5) is 0.361. The van der Waals surface area contributed by atoms with Gasteiger partial charge in [0.2, 0.25) is 0 Å². The summed E-state index contributed by atoms with van der Waals surface area (Å²) < 4.78 is 0. The van der Waals surface area contributed by atoms with Crippen LogP contribution in [-0.4, -0.2) is 20.7 Å². The molecule has 0 radical (unpaired) electrons. The van der Waals surface area contributed by atoms with Gasteiger partial charge in [0, 0.05) is 5.54 Å². The molecule has 1 aromatic rings. The molecule has 0 bridgehead atoms. The Morgan fingerprint density at radius 2 is 1.94 bits per heavy atom. The molecular formula is C13H22N4S. The zero-order valence-electron chi connectivity index (χ0n) is 11.8. The summed E-state index contributed by atoms with van der Waals surface area (Å²) in [5.74, 6) is 0.684. The Kier molecular flexibility index (Phi) is 4.62. The molecule has 1 heterocycles. The minimum absolute atomic E-state index is 0.0509. The minimum Gasteiger partial charge on any atom is -0.389 e. The molecule has 0 atom stereocenters. The Morgan fingerprint density at radius 3 is 2.44 bits per heavy atom. The third-order valence-corrected chi connectivity index (χ3v) is 3.24. The van der Waals surface area contributed by atoms with Gasteiger partial charge < -0.3 is 11.1 Å². The Balaban J connectivity index is 3.17. The van der Waals surface area contributed by atoms with E-state index in [9.17, 15) is 0 Å². The SMILES string of the molecule is CCCC(C)(C)Nc1nnc(C)c(C)c1C(N)=S. The average molecular weight is 266 g/mol. The minimum atomic E-state index is -0.0509. The van der Waals surface area contributed by atoms with Crippen molar-refractivity contribution in [2.75, 3.05) is 5.32 Å². The van der Waals surface area contributed by atoms with E-state index >= 15 is 0 Å². The summed E-state index contributed by atoms with van der Waals surface area (Å²) in [6.07, 6.45) is 2.14. The van der Waals surface area contributed by atoms with E-state index in [1.807, 2.05) is 13.8 Å². The summed E-state index contributed by atoms with van der Waals surface area (Å²) in [6, 6.07) is 0. The second-order valence-corrected chi connectivity index (χ2v) is 5.70. The second kappa shape index (κ2) is 5.61. The fourth-order valence-electron chi connectivity index (χ4n) is 2.01. The average Bonchev–Trinajstić information content (AvgIpc) is 2.22. The number of hydrogen-bond donors (Lipinski definition) is 2. The van der Waals surface area contributed by atoms with Crippen LogP contribution >= 0.6 is 12.2 Å². The van der Waals surface area contributed by atoms with Gasteiger partial charge in [0.25, 0.3) is 0 Å². The van der Waals surface area contributed by atoms with Crippen molar-refractivity contribution < 1.29 is 0 Å². The number of hydrogen-bond acceptors (Lipinski definition) is 4. The molecule has 1 aromatic heterocycles. The predicted molar refractivity (Wildman–Crippen MR) is 80.0 cm³/mol. The summed E-state index contributed by atoms with van der Waals surface area (Å²) in [7, 11) is 0. The molecule has 5 heteroatoms. The summed E-state index contributed by atoms with van der Waals surface area (Å²) in [6.45, 7) is 10.3. The van der Waals surface area contributed by atoms with Crippen LogP contribution < -0.4 is 11.1 Å². The van der Waals surface area contributed by atoms with Gasteiger partial charge >= 0.3 is 0 Å². The lowest BCUT2D eigenvalue weighted by atomic mass is 9.98. The van der Waals surface area contributed by atoms with Gasteiger partial charge in [-0.15, -0.1) is 5.10 Å². The first-order valence-electron chi connectivity index (χ1n) is 6.20. The van der Waals surface area contributed by atoms with Crippen LogP contribution in [0.1, 0.15) is 50.4 Å². The van der Waals surface area contributed by atoms with Gasteiger partial charge in [0.05, 0.1) is 11.3 Å². The van der Waals surface area contributed by atoms with E-state index < -0.39 is 0 Å². The van der Waals surface area contributed by atoms with Crippen molar-refractivity contribution in [3.8, 4) is 0 Å². The van der Waals surface area contributed by atoms with Crippen LogP contribution in [0.5, 0.6) is 0 Å². The lowest BCUT2D eigenvalue weighted by Crippen LogP contribution is -2.33. The van der Waals surface area contributed by atoms with Crippen molar-refractivity contribution in [1.29, 1.82) is 0 Å². The van der Waals surface area contributed by atoms with E-state index in [-0.39, 0.29) is 5.54 Å². The van der Waals surface area contributed by atoms with E-state index in [1.54, 1.807) is 0 Å². The first-order valence-corrected chi connectivity index (χ1v) is 6.61. The van der Waals surface area contributed by atoms with E-state index in [1.165, 1.54) is 0 Å². The predicted octanol–water partition coefficient (Wildman–Crippen LogP) is 2.72. The topological polar surface area (TPSA) is 63.8 Å². The summed E-state index contributed by atoms with van der Waals surface area (Å²) in [5.41, 5.74) is 8.41. The van der Waals surface area contributed by atoms with E-state index in [0.29, 0.717) is 10.8 Å².